The van der Waals surface area contributed by atoms with Crippen LogP contribution in [0.3, 0.4) is 0 Å². The molecule has 2 aromatic rings. The fourth-order valence-electron chi connectivity index (χ4n) is 2.56. The summed E-state index contributed by atoms with van der Waals surface area (Å²) in [4.78, 5) is 10.7. The molecule has 0 aromatic heterocycles. The molecule has 0 spiro atoms. The van der Waals surface area contributed by atoms with Gasteiger partial charge >= 0.3 is 5.69 Å². The molecule has 0 N–H and O–H groups in total. The number of nitriles is 1. The normalized spacial score (nSPS) is 12.4. The molecule has 8 nitrogen and oxygen atoms in total. The SMILES string of the molecule is COc1cc(OC)c([N+](=O)[O-])cc1C=C(C#N)c1ccc2c(c1)OCO2. The number of ether oxygens (including phenoxy) is 4. The Bertz CT molecular complexity index is 945. The van der Waals surface area contributed by atoms with Crippen LogP contribution in [0.2, 0.25) is 0 Å². The van der Waals surface area contributed by atoms with E-state index in [2.05, 4.69) is 6.07 Å². The molecular formula is C18H14N2O6. The summed E-state index contributed by atoms with van der Waals surface area (Å²) in [6.45, 7) is 0.128. The van der Waals surface area contributed by atoms with Crippen molar-refractivity contribution in [3.8, 4) is 29.1 Å². The summed E-state index contributed by atoms with van der Waals surface area (Å²) in [6, 6.07) is 9.92. The van der Waals surface area contributed by atoms with Crippen LogP contribution in [0.4, 0.5) is 5.69 Å². The van der Waals surface area contributed by atoms with Crippen molar-refractivity contribution in [3.05, 3.63) is 51.6 Å². The van der Waals surface area contributed by atoms with E-state index >= 15 is 0 Å². The van der Waals surface area contributed by atoms with Crippen molar-refractivity contribution in [1.29, 1.82) is 5.26 Å². The number of methoxy groups -OCH3 is 2. The highest BCUT2D eigenvalue weighted by Gasteiger charge is 2.20. The van der Waals surface area contributed by atoms with Crippen LogP contribution in [-0.4, -0.2) is 25.9 Å². The van der Waals surface area contributed by atoms with Crippen LogP contribution in [0.5, 0.6) is 23.0 Å². The van der Waals surface area contributed by atoms with Gasteiger partial charge in [-0.1, -0.05) is 0 Å². The van der Waals surface area contributed by atoms with Gasteiger partial charge in [0.25, 0.3) is 0 Å². The summed E-state index contributed by atoms with van der Waals surface area (Å²) in [5, 5.41) is 20.8. The summed E-state index contributed by atoms with van der Waals surface area (Å²) >= 11 is 0. The highest BCUT2D eigenvalue weighted by Crippen LogP contribution is 2.38. The van der Waals surface area contributed by atoms with Crippen molar-refractivity contribution in [2.24, 2.45) is 0 Å². The maximum atomic E-state index is 11.3. The van der Waals surface area contributed by atoms with Gasteiger partial charge in [-0.15, -0.1) is 0 Å². The zero-order valence-electron chi connectivity index (χ0n) is 14.0. The lowest BCUT2D eigenvalue weighted by Gasteiger charge is -2.09. The van der Waals surface area contributed by atoms with E-state index in [9.17, 15) is 15.4 Å². The Balaban J connectivity index is 2.10. The first-order chi connectivity index (χ1) is 12.6. The summed E-state index contributed by atoms with van der Waals surface area (Å²) < 4.78 is 20.9. The van der Waals surface area contributed by atoms with Gasteiger partial charge in [0.2, 0.25) is 12.5 Å². The van der Waals surface area contributed by atoms with Gasteiger partial charge < -0.3 is 18.9 Å². The fraction of sp³-hybridized carbons (Fsp3) is 0.167. The van der Waals surface area contributed by atoms with E-state index in [4.69, 9.17) is 18.9 Å². The Morgan fingerprint density at radius 3 is 2.58 bits per heavy atom. The first-order valence-corrected chi connectivity index (χ1v) is 7.49. The Labute approximate surface area is 148 Å². The molecule has 0 saturated heterocycles. The predicted octanol–water partition coefficient (Wildman–Crippen LogP) is 3.40. The second-order valence-corrected chi connectivity index (χ2v) is 5.26. The van der Waals surface area contributed by atoms with Crippen LogP contribution in [0.1, 0.15) is 11.1 Å². The lowest BCUT2D eigenvalue weighted by molar-refractivity contribution is -0.385. The zero-order valence-corrected chi connectivity index (χ0v) is 14.0. The van der Waals surface area contributed by atoms with E-state index in [1.807, 2.05) is 0 Å². The Kier molecular flexibility index (Phi) is 4.62. The van der Waals surface area contributed by atoms with Gasteiger partial charge in [0.05, 0.1) is 30.8 Å². The molecular weight excluding hydrogens is 340 g/mol. The molecule has 0 unspecified atom stereocenters. The van der Waals surface area contributed by atoms with Gasteiger partial charge in [-0.05, 0) is 29.8 Å². The molecule has 0 bridgehead atoms. The number of hydrogen-bond acceptors (Lipinski definition) is 7. The van der Waals surface area contributed by atoms with Gasteiger partial charge in [0.1, 0.15) is 5.75 Å². The molecule has 8 heteroatoms. The number of hydrogen-bond donors (Lipinski definition) is 0. The van der Waals surface area contributed by atoms with Crippen LogP contribution < -0.4 is 18.9 Å². The van der Waals surface area contributed by atoms with E-state index in [1.54, 1.807) is 18.2 Å². The summed E-state index contributed by atoms with van der Waals surface area (Å²) in [5.74, 6) is 1.56. The molecule has 1 heterocycles. The van der Waals surface area contributed by atoms with Crippen LogP contribution >= 0.6 is 0 Å². The molecule has 0 aliphatic carbocycles. The molecule has 3 rings (SSSR count). The summed E-state index contributed by atoms with van der Waals surface area (Å²) in [6.07, 6.45) is 1.52. The van der Waals surface area contributed by atoms with Gasteiger partial charge in [0.15, 0.2) is 11.5 Å². The standard InChI is InChI=1S/C18H14N2O6/c1-23-16-8-17(24-2)14(20(21)22)6-12(16)5-13(9-19)11-3-4-15-18(7-11)26-10-25-15/h3-8H,10H2,1-2H3. The quantitative estimate of drug-likeness (QED) is 0.351. The lowest BCUT2D eigenvalue weighted by atomic mass is 10.0. The number of benzene rings is 2. The van der Waals surface area contributed by atoms with Crippen molar-refractivity contribution < 1.29 is 23.9 Å². The number of nitro benzene ring substituents is 1. The number of nitrogens with zero attached hydrogens (tertiary/aromatic N) is 2. The van der Waals surface area contributed by atoms with E-state index in [0.29, 0.717) is 33.9 Å². The fourth-order valence-corrected chi connectivity index (χ4v) is 2.56. The van der Waals surface area contributed by atoms with Gasteiger partial charge in [-0.3, -0.25) is 10.1 Å². The minimum Gasteiger partial charge on any atom is -0.496 e. The van der Waals surface area contributed by atoms with Crippen LogP contribution in [0, 0.1) is 21.4 Å². The third-order valence-corrected chi connectivity index (χ3v) is 3.83. The third kappa shape index (κ3) is 3.10. The van der Waals surface area contributed by atoms with Gasteiger partial charge in [-0.25, -0.2) is 0 Å². The van der Waals surface area contributed by atoms with E-state index in [-0.39, 0.29) is 18.2 Å². The third-order valence-electron chi connectivity index (χ3n) is 3.83. The summed E-state index contributed by atoms with van der Waals surface area (Å²) in [7, 11) is 2.77. The van der Waals surface area contributed by atoms with Gasteiger partial charge in [0, 0.05) is 17.7 Å². The highest BCUT2D eigenvalue weighted by atomic mass is 16.7. The molecule has 1 aliphatic heterocycles. The maximum Gasteiger partial charge on any atom is 0.311 e. The lowest BCUT2D eigenvalue weighted by Crippen LogP contribution is -1.97. The molecule has 0 atom stereocenters. The van der Waals surface area contributed by atoms with Crippen molar-refractivity contribution >= 4 is 17.3 Å². The average Bonchev–Trinajstić information content (AvgIpc) is 3.13. The first kappa shape index (κ1) is 17.1. The number of fused-ring (bicyclic) bond motifs is 1. The van der Waals surface area contributed by atoms with Crippen molar-refractivity contribution in [2.45, 2.75) is 0 Å². The molecule has 0 fully saturated rings. The van der Waals surface area contributed by atoms with Crippen LogP contribution in [0.25, 0.3) is 11.6 Å². The van der Waals surface area contributed by atoms with Crippen molar-refractivity contribution in [1.82, 2.24) is 0 Å². The topological polar surface area (TPSA) is 104 Å². The number of rotatable bonds is 5. The Morgan fingerprint density at radius 1 is 1.19 bits per heavy atom. The second kappa shape index (κ2) is 7.03. The first-order valence-electron chi connectivity index (χ1n) is 7.49. The van der Waals surface area contributed by atoms with Crippen molar-refractivity contribution in [2.75, 3.05) is 21.0 Å². The minimum absolute atomic E-state index is 0.0746. The largest absolute Gasteiger partial charge is 0.496 e. The smallest absolute Gasteiger partial charge is 0.311 e. The highest BCUT2D eigenvalue weighted by molar-refractivity contribution is 5.91. The predicted molar refractivity (Wildman–Crippen MR) is 92.2 cm³/mol. The molecule has 132 valence electrons. The minimum atomic E-state index is -0.553. The molecule has 0 saturated carbocycles. The van der Waals surface area contributed by atoms with Crippen LogP contribution in [-0.2, 0) is 0 Å². The van der Waals surface area contributed by atoms with E-state index in [0.717, 1.165) is 0 Å². The number of allylic oxidation sites excluding steroid dienone is 1. The van der Waals surface area contributed by atoms with Crippen LogP contribution in [0.15, 0.2) is 30.3 Å². The molecule has 0 amide bonds. The Hall–Kier alpha value is -3.73. The summed E-state index contributed by atoms with van der Waals surface area (Å²) in [5.41, 5.74) is 1.05. The molecule has 26 heavy (non-hydrogen) atoms. The zero-order chi connectivity index (χ0) is 18.7. The van der Waals surface area contributed by atoms with E-state index in [1.165, 1.54) is 32.4 Å². The molecule has 1 aliphatic rings. The monoisotopic (exact) mass is 354 g/mol. The van der Waals surface area contributed by atoms with E-state index < -0.39 is 4.92 Å². The Morgan fingerprint density at radius 2 is 1.92 bits per heavy atom. The molecule has 0 radical (unpaired) electrons. The maximum absolute atomic E-state index is 11.3. The number of nitro groups is 1. The van der Waals surface area contributed by atoms with Gasteiger partial charge in [-0.2, -0.15) is 5.26 Å². The second-order valence-electron chi connectivity index (χ2n) is 5.26. The average molecular weight is 354 g/mol. The molecule has 2 aromatic carbocycles. The van der Waals surface area contributed by atoms with Crippen molar-refractivity contribution in [3.63, 3.8) is 0 Å².